The van der Waals surface area contributed by atoms with Crippen molar-refractivity contribution in [3.63, 3.8) is 0 Å². The molecule has 0 radical (unpaired) electrons. The SMILES string of the molecule is CC=CC1(C2=Cc3ccccc3C2)C(=O)Cc2ccccc21. The van der Waals surface area contributed by atoms with Gasteiger partial charge in [-0.25, -0.2) is 0 Å². The third-order valence-electron chi connectivity index (χ3n) is 4.92. The maximum Gasteiger partial charge on any atom is 0.155 e. The molecule has 0 saturated heterocycles. The van der Waals surface area contributed by atoms with Crippen molar-refractivity contribution in [2.24, 2.45) is 0 Å². The first-order chi connectivity index (χ1) is 10.8. The molecule has 22 heavy (non-hydrogen) atoms. The van der Waals surface area contributed by atoms with Crippen LogP contribution in [0.3, 0.4) is 0 Å². The number of hydrogen-bond acceptors (Lipinski definition) is 1. The Hall–Kier alpha value is -2.41. The summed E-state index contributed by atoms with van der Waals surface area (Å²) in [6.45, 7) is 2.00. The topological polar surface area (TPSA) is 17.1 Å². The Bertz CT molecular complexity index is 825. The average Bonchev–Trinajstić information content (AvgIpc) is 3.08. The predicted octanol–water partition coefficient (Wildman–Crippen LogP) is 4.27. The van der Waals surface area contributed by atoms with Crippen LogP contribution in [0.25, 0.3) is 6.08 Å². The quantitative estimate of drug-likeness (QED) is 0.754. The number of carbonyl (C=O) groups excluding carboxylic acids is 1. The molecule has 0 amide bonds. The van der Waals surface area contributed by atoms with E-state index in [1.54, 1.807) is 0 Å². The monoisotopic (exact) mass is 286 g/mol. The number of fused-ring (bicyclic) bond motifs is 2. The van der Waals surface area contributed by atoms with Gasteiger partial charge in [-0.3, -0.25) is 4.79 Å². The summed E-state index contributed by atoms with van der Waals surface area (Å²) >= 11 is 0. The summed E-state index contributed by atoms with van der Waals surface area (Å²) in [5, 5.41) is 0. The number of benzene rings is 2. The van der Waals surface area contributed by atoms with Gasteiger partial charge in [0.2, 0.25) is 0 Å². The molecule has 0 spiro atoms. The summed E-state index contributed by atoms with van der Waals surface area (Å²) in [5.41, 5.74) is 5.54. The first kappa shape index (κ1) is 13.3. The van der Waals surface area contributed by atoms with Gasteiger partial charge in [-0.2, -0.15) is 0 Å². The van der Waals surface area contributed by atoms with E-state index in [1.807, 2.05) is 25.1 Å². The summed E-state index contributed by atoms with van der Waals surface area (Å²) in [4.78, 5) is 13.0. The minimum absolute atomic E-state index is 0.297. The Kier molecular flexibility index (Phi) is 2.90. The Labute approximate surface area is 131 Å². The molecule has 0 N–H and O–H groups in total. The van der Waals surface area contributed by atoms with Crippen LogP contribution in [0.5, 0.6) is 0 Å². The molecular weight excluding hydrogens is 268 g/mol. The van der Waals surface area contributed by atoms with Gasteiger partial charge in [0.25, 0.3) is 0 Å². The molecule has 2 aliphatic carbocycles. The number of allylic oxidation sites excluding steroid dienone is 3. The van der Waals surface area contributed by atoms with Gasteiger partial charge in [0.1, 0.15) is 0 Å². The van der Waals surface area contributed by atoms with E-state index in [9.17, 15) is 4.79 Å². The smallest absolute Gasteiger partial charge is 0.155 e. The highest BCUT2D eigenvalue weighted by Crippen LogP contribution is 2.47. The van der Waals surface area contributed by atoms with Crippen LogP contribution in [0.4, 0.5) is 0 Å². The van der Waals surface area contributed by atoms with Gasteiger partial charge in [-0.05, 0) is 41.2 Å². The van der Waals surface area contributed by atoms with Crippen molar-refractivity contribution in [3.05, 3.63) is 88.5 Å². The standard InChI is InChI=1S/C21H18O/c1-2-11-21(18-12-15-7-3-4-8-16(15)13-18)19-10-6-5-9-17(19)14-20(21)22/h2-12H,13-14H2,1H3. The zero-order valence-corrected chi connectivity index (χ0v) is 12.7. The van der Waals surface area contributed by atoms with Crippen molar-refractivity contribution in [1.29, 1.82) is 0 Å². The fourth-order valence-corrected chi connectivity index (χ4v) is 3.95. The van der Waals surface area contributed by atoms with E-state index < -0.39 is 5.41 Å². The first-order valence-corrected chi connectivity index (χ1v) is 7.80. The van der Waals surface area contributed by atoms with Crippen LogP contribution in [-0.2, 0) is 23.1 Å². The maximum absolute atomic E-state index is 13.0. The fraction of sp³-hybridized carbons (Fsp3) is 0.190. The summed E-state index contributed by atoms with van der Waals surface area (Å²) in [6, 6.07) is 16.7. The van der Waals surface area contributed by atoms with Crippen molar-refractivity contribution in [1.82, 2.24) is 0 Å². The molecule has 0 bridgehead atoms. The first-order valence-electron chi connectivity index (χ1n) is 7.80. The number of carbonyl (C=O) groups is 1. The van der Waals surface area contributed by atoms with E-state index in [0.29, 0.717) is 12.2 Å². The van der Waals surface area contributed by atoms with Crippen LogP contribution in [0.15, 0.2) is 66.3 Å². The highest BCUT2D eigenvalue weighted by atomic mass is 16.1. The fourth-order valence-electron chi connectivity index (χ4n) is 3.95. The molecule has 1 heteroatoms. The zero-order chi connectivity index (χ0) is 15.2. The molecule has 0 aromatic heterocycles. The minimum Gasteiger partial charge on any atom is -0.298 e. The number of Topliss-reactive ketones (excluding diaryl/α,β-unsaturated/α-hetero) is 1. The molecule has 1 unspecified atom stereocenters. The van der Waals surface area contributed by atoms with Crippen LogP contribution in [-0.4, -0.2) is 5.78 Å². The summed E-state index contributed by atoms with van der Waals surface area (Å²) in [7, 11) is 0. The van der Waals surface area contributed by atoms with Crippen LogP contribution in [0, 0.1) is 0 Å². The predicted molar refractivity (Wildman–Crippen MR) is 89.8 cm³/mol. The van der Waals surface area contributed by atoms with Crippen molar-refractivity contribution in [3.8, 4) is 0 Å². The molecule has 0 fully saturated rings. The van der Waals surface area contributed by atoms with E-state index in [2.05, 4.69) is 48.6 Å². The van der Waals surface area contributed by atoms with Gasteiger partial charge in [-0.1, -0.05) is 66.8 Å². The van der Waals surface area contributed by atoms with Crippen molar-refractivity contribution >= 4 is 11.9 Å². The van der Waals surface area contributed by atoms with Gasteiger partial charge >= 0.3 is 0 Å². The molecule has 2 aromatic rings. The van der Waals surface area contributed by atoms with Crippen LogP contribution in [0.2, 0.25) is 0 Å². The van der Waals surface area contributed by atoms with Crippen LogP contribution < -0.4 is 0 Å². The number of hydrogen-bond donors (Lipinski definition) is 0. The van der Waals surface area contributed by atoms with Gasteiger partial charge < -0.3 is 0 Å². The normalized spacial score (nSPS) is 22.8. The Morgan fingerprint density at radius 1 is 0.955 bits per heavy atom. The number of rotatable bonds is 2. The third-order valence-corrected chi connectivity index (χ3v) is 4.92. The lowest BCUT2D eigenvalue weighted by atomic mass is 9.73. The molecule has 1 atom stereocenters. The van der Waals surface area contributed by atoms with Gasteiger partial charge in [0.05, 0.1) is 5.41 Å². The van der Waals surface area contributed by atoms with E-state index in [0.717, 1.165) is 12.0 Å². The average molecular weight is 286 g/mol. The second kappa shape index (κ2) is 4.81. The zero-order valence-electron chi connectivity index (χ0n) is 12.7. The molecule has 2 aromatic carbocycles. The molecular formula is C21H18O. The van der Waals surface area contributed by atoms with Crippen molar-refractivity contribution in [2.45, 2.75) is 25.2 Å². The lowest BCUT2D eigenvalue weighted by Crippen LogP contribution is -2.32. The second-order valence-corrected chi connectivity index (χ2v) is 6.11. The van der Waals surface area contributed by atoms with Gasteiger partial charge in [0, 0.05) is 6.42 Å². The van der Waals surface area contributed by atoms with Gasteiger partial charge in [0.15, 0.2) is 5.78 Å². The maximum atomic E-state index is 13.0. The minimum atomic E-state index is -0.565. The Balaban J connectivity index is 1.92. The van der Waals surface area contributed by atoms with E-state index in [-0.39, 0.29) is 0 Å². The molecule has 2 aliphatic rings. The van der Waals surface area contributed by atoms with Crippen LogP contribution >= 0.6 is 0 Å². The lowest BCUT2D eigenvalue weighted by Gasteiger charge is -2.27. The van der Waals surface area contributed by atoms with E-state index in [1.165, 1.54) is 22.3 Å². The lowest BCUT2D eigenvalue weighted by molar-refractivity contribution is -0.120. The molecule has 1 nitrogen and oxygen atoms in total. The van der Waals surface area contributed by atoms with E-state index in [4.69, 9.17) is 0 Å². The molecule has 0 saturated carbocycles. The Morgan fingerprint density at radius 3 is 2.45 bits per heavy atom. The molecule has 4 rings (SSSR count). The third kappa shape index (κ3) is 1.69. The molecule has 0 heterocycles. The van der Waals surface area contributed by atoms with Crippen LogP contribution in [0.1, 0.15) is 29.2 Å². The van der Waals surface area contributed by atoms with E-state index >= 15 is 0 Å². The largest absolute Gasteiger partial charge is 0.298 e. The van der Waals surface area contributed by atoms with Crippen molar-refractivity contribution < 1.29 is 4.79 Å². The highest BCUT2D eigenvalue weighted by Gasteiger charge is 2.47. The summed E-state index contributed by atoms with van der Waals surface area (Å²) in [6.07, 6.45) is 7.73. The summed E-state index contributed by atoms with van der Waals surface area (Å²) < 4.78 is 0. The second-order valence-electron chi connectivity index (χ2n) is 6.11. The molecule has 108 valence electrons. The van der Waals surface area contributed by atoms with Crippen molar-refractivity contribution in [2.75, 3.05) is 0 Å². The number of ketones is 1. The summed E-state index contributed by atoms with van der Waals surface area (Å²) in [5.74, 6) is 0.297. The molecule has 0 aliphatic heterocycles. The van der Waals surface area contributed by atoms with Gasteiger partial charge in [-0.15, -0.1) is 0 Å². The Morgan fingerprint density at radius 2 is 1.68 bits per heavy atom. The highest BCUT2D eigenvalue weighted by molar-refractivity contribution is 6.03.